The largest absolute Gasteiger partial charge is 0.469 e. The standard InChI is InChI=1S/C26H27N5O/c1-31-18-22(16-30-31)21-14-23-26(29-15-21)32-24(17-28-23)25(20-10-6-3-7-11-20)27-13-12-19-8-4-2-5-9-19/h2-11,14-16,18,24-25,27-28H,12-13,17H2,1H3/t24-,25+/m0/s1. The van der Waals surface area contributed by atoms with Gasteiger partial charge in [0.1, 0.15) is 6.10 Å². The normalized spacial score (nSPS) is 16.0. The first kappa shape index (κ1) is 20.3. The predicted molar refractivity (Wildman–Crippen MR) is 127 cm³/mol. The molecule has 32 heavy (non-hydrogen) atoms. The van der Waals surface area contributed by atoms with Crippen molar-refractivity contribution in [3.63, 3.8) is 0 Å². The Hall–Kier alpha value is -3.64. The van der Waals surface area contributed by atoms with E-state index in [-0.39, 0.29) is 12.1 Å². The third kappa shape index (κ3) is 4.50. The molecule has 4 aromatic rings. The van der Waals surface area contributed by atoms with Crippen LogP contribution in [0.2, 0.25) is 0 Å². The van der Waals surface area contributed by atoms with Crippen LogP contribution in [0.25, 0.3) is 11.1 Å². The van der Waals surface area contributed by atoms with Crippen LogP contribution in [0.3, 0.4) is 0 Å². The molecule has 0 aliphatic carbocycles. The summed E-state index contributed by atoms with van der Waals surface area (Å²) in [7, 11) is 1.91. The van der Waals surface area contributed by atoms with Crippen LogP contribution in [-0.4, -0.2) is 34.0 Å². The van der Waals surface area contributed by atoms with E-state index in [4.69, 9.17) is 4.74 Å². The molecule has 162 valence electrons. The minimum Gasteiger partial charge on any atom is -0.469 e. The highest BCUT2D eigenvalue weighted by Crippen LogP contribution is 2.34. The molecule has 6 nitrogen and oxygen atoms in total. The molecular formula is C26H27N5O. The average molecular weight is 426 g/mol. The number of fused-ring (bicyclic) bond motifs is 1. The maximum absolute atomic E-state index is 6.39. The molecule has 6 heteroatoms. The quantitative estimate of drug-likeness (QED) is 0.464. The van der Waals surface area contributed by atoms with E-state index in [0.29, 0.717) is 12.4 Å². The summed E-state index contributed by atoms with van der Waals surface area (Å²) < 4.78 is 8.18. The van der Waals surface area contributed by atoms with Crippen molar-refractivity contribution in [3.05, 3.63) is 96.4 Å². The minimum atomic E-state index is -0.0718. The van der Waals surface area contributed by atoms with Crippen LogP contribution in [0.4, 0.5) is 5.69 Å². The number of ether oxygens (including phenoxy) is 1. The second-order valence-corrected chi connectivity index (χ2v) is 8.09. The lowest BCUT2D eigenvalue weighted by Gasteiger charge is -2.33. The Bertz CT molecular complexity index is 1160. The van der Waals surface area contributed by atoms with Crippen molar-refractivity contribution in [2.75, 3.05) is 18.4 Å². The van der Waals surface area contributed by atoms with Gasteiger partial charge in [-0.25, -0.2) is 4.98 Å². The first-order valence-electron chi connectivity index (χ1n) is 11.0. The van der Waals surface area contributed by atoms with Crippen molar-refractivity contribution < 1.29 is 4.74 Å². The molecule has 0 bridgehead atoms. The molecule has 0 fully saturated rings. The molecule has 0 radical (unpaired) electrons. The summed E-state index contributed by atoms with van der Waals surface area (Å²) in [5.41, 5.74) is 5.51. The highest BCUT2D eigenvalue weighted by Gasteiger charge is 2.29. The number of rotatable bonds is 7. The van der Waals surface area contributed by atoms with E-state index in [0.717, 1.165) is 29.8 Å². The number of anilines is 1. The first-order chi connectivity index (χ1) is 15.8. The zero-order chi connectivity index (χ0) is 21.8. The number of nitrogens with one attached hydrogen (secondary N) is 2. The molecule has 2 aromatic carbocycles. The highest BCUT2D eigenvalue weighted by atomic mass is 16.5. The number of hydrogen-bond acceptors (Lipinski definition) is 5. The first-order valence-corrected chi connectivity index (χ1v) is 11.0. The molecule has 0 amide bonds. The maximum Gasteiger partial charge on any atom is 0.237 e. The molecule has 5 rings (SSSR count). The van der Waals surface area contributed by atoms with Gasteiger partial charge < -0.3 is 15.4 Å². The van der Waals surface area contributed by atoms with Crippen LogP contribution in [0.5, 0.6) is 5.88 Å². The zero-order valence-electron chi connectivity index (χ0n) is 18.1. The number of pyridine rings is 1. The van der Waals surface area contributed by atoms with Gasteiger partial charge in [-0.3, -0.25) is 4.68 Å². The Morgan fingerprint density at radius 1 is 1.06 bits per heavy atom. The van der Waals surface area contributed by atoms with Crippen LogP contribution >= 0.6 is 0 Å². The summed E-state index contributed by atoms with van der Waals surface area (Å²) in [6.45, 7) is 1.56. The van der Waals surface area contributed by atoms with Crippen molar-refractivity contribution in [1.29, 1.82) is 0 Å². The lowest BCUT2D eigenvalue weighted by Crippen LogP contribution is -2.43. The van der Waals surface area contributed by atoms with Gasteiger partial charge in [0.05, 0.1) is 24.5 Å². The summed E-state index contributed by atoms with van der Waals surface area (Å²) in [6.07, 6.45) is 6.57. The van der Waals surface area contributed by atoms with Gasteiger partial charge in [-0.15, -0.1) is 0 Å². The summed E-state index contributed by atoms with van der Waals surface area (Å²) in [6, 6.07) is 23.2. The predicted octanol–water partition coefficient (Wildman–Crippen LogP) is 4.23. The lowest BCUT2D eigenvalue weighted by atomic mass is 9.99. The second kappa shape index (κ2) is 9.24. The third-order valence-corrected chi connectivity index (χ3v) is 5.80. The zero-order valence-corrected chi connectivity index (χ0v) is 18.1. The number of aryl methyl sites for hydroxylation is 1. The van der Waals surface area contributed by atoms with Gasteiger partial charge in [-0.1, -0.05) is 60.7 Å². The van der Waals surface area contributed by atoms with Crippen molar-refractivity contribution >= 4 is 5.69 Å². The van der Waals surface area contributed by atoms with Crippen molar-refractivity contribution in [2.45, 2.75) is 18.6 Å². The molecular weight excluding hydrogens is 398 g/mol. The number of hydrogen-bond donors (Lipinski definition) is 2. The second-order valence-electron chi connectivity index (χ2n) is 8.09. The van der Waals surface area contributed by atoms with Crippen LogP contribution in [0, 0.1) is 0 Å². The Morgan fingerprint density at radius 2 is 1.84 bits per heavy atom. The van der Waals surface area contributed by atoms with E-state index in [2.05, 4.69) is 81.4 Å². The SMILES string of the molecule is Cn1cc(-c2cnc3c(c2)NC[C@@H]([C@H](NCCc2ccccc2)c2ccccc2)O3)cn1. The molecule has 0 unspecified atom stereocenters. The number of benzene rings is 2. The van der Waals surface area contributed by atoms with Crippen molar-refractivity contribution in [3.8, 4) is 17.0 Å². The van der Waals surface area contributed by atoms with Crippen LogP contribution < -0.4 is 15.4 Å². The van der Waals surface area contributed by atoms with E-state index in [1.54, 1.807) is 4.68 Å². The minimum absolute atomic E-state index is 0.0559. The smallest absolute Gasteiger partial charge is 0.237 e. The monoisotopic (exact) mass is 425 g/mol. The Labute approximate surface area is 188 Å². The lowest BCUT2D eigenvalue weighted by molar-refractivity contribution is 0.150. The van der Waals surface area contributed by atoms with Crippen LogP contribution in [0.15, 0.2) is 85.3 Å². The fourth-order valence-electron chi connectivity index (χ4n) is 4.12. The van der Waals surface area contributed by atoms with E-state index >= 15 is 0 Å². The summed E-state index contributed by atoms with van der Waals surface area (Å²) in [4.78, 5) is 4.61. The van der Waals surface area contributed by atoms with Gasteiger partial charge in [-0.05, 0) is 30.2 Å². The van der Waals surface area contributed by atoms with E-state index in [1.165, 1.54) is 11.1 Å². The summed E-state index contributed by atoms with van der Waals surface area (Å²) in [5.74, 6) is 0.639. The molecule has 1 aliphatic rings. The van der Waals surface area contributed by atoms with Crippen LogP contribution in [-0.2, 0) is 13.5 Å². The highest BCUT2D eigenvalue weighted by molar-refractivity contribution is 5.69. The molecule has 1 aliphatic heterocycles. The number of aromatic nitrogens is 3. The Kier molecular flexibility index (Phi) is 5.85. The average Bonchev–Trinajstić information content (AvgIpc) is 3.29. The fourth-order valence-corrected chi connectivity index (χ4v) is 4.12. The van der Waals surface area contributed by atoms with Gasteiger partial charge in [-0.2, -0.15) is 5.10 Å². The Morgan fingerprint density at radius 3 is 2.59 bits per heavy atom. The topological polar surface area (TPSA) is 64.0 Å². The van der Waals surface area contributed by atoms with Crippen LogP contribution in [0.1, 0.15) is 17.2 Å². The molecule has 3 heterocycles. The van der Waals surface area contributed by atoms with Crippen molar-refractivity contribution in [1.82, 2.24) is 20.1 Å². The fraction of sp³-hybridized carbons (Fsp3) is 0.231. The van der Waals surface area contributed by atoms with Gasteiger partial charge >= 0.3 is 0 Å². The van der Waals surface area contributed by atoms with Gasteiger partial charge in [0.2, 0.25) is 5.88 Å². The van der Waals surface area contributed by atoms with E-state index in [1.807, 2.05) is 31.7 Å². The van der Waals surface area contributed by atoms with E-state index in [9.17, 15) is 0 Å². The maximum atomic E-state index is 6.39. The molecule has 0 saturated carbocycles. The number of nitrogens with zero attached hydrogens (tertiary/aromatic N) is 3. The van der Waals surface area contributed by atoms with Gasteiger partial charge in [0.25, 0.3) is 0 Å². The molecule has 2 N–H and O–H groups in total. The Balaban J connectivity index is 1.32. The third-order valence-electron chi connectivity index (χ3n) is 5.80. The van der Waals surface area contributed by atoms with Gasteiger partial charge in [0, 0.05) is 30.6 Å². The molecule has 0 spiro atoms. The van der Waals surface area contributed by atoms with Gasteiger partial charge in [0.15, 0.2) is 0 Å². The molecule has 2 atom stereocenters. The van der Waals surface area contributed by atoms with E-state index < -0.39 is 0 Å². The molecule has 0 saturated heterocycles. The summed E-state index contributed by atoms with van der Waals surface area (Å²) >= 11 is 0. The summed E-state index contributed by atoms with van der Waals surface area (Å²) in [5, 5.41) is 11.5. The van der Waals surface area contributed by atoms with Crippen molar-refractivity contribution in [2.24, 2.45) is 7.05 Å². The molecule has 2 aromatic heterocycles.